The molecule has 27 heavy (non-hydrogen) atoms. The first-order chi connectivity index (χ1) is 12.8. The minimum atomic E-state index is -1.04. The molecule has 0 amide bonds. The van der Waals surface area contributed by atoms with Crippen molar-refractivity contribution in [1.29, 1.82) is 0 Å². The highest BCUT2D eigenvalue weighted by atomic mass is 35.5. The first kappa shape index (κ1) is 18.9. The number of nitrogens with zero attached hydrogens (tertiary/aromatic N) is 2. The number of H-pyrrole nitrogens is 1. The standard InChI is InChI=1S/C18H13Cl2N3O4/c1-9-16(20)11(7-15(25)26)6-13(10-2-4-12(19)5-3-10)17(9)23-18(27)22-14(24)8-21-23/h2-6,8H,7H2,1H3,(H,25,26)(H,22,24,27). The van der Waals surface area contributed by atoms with Gasteiger partial charge in [0.25, 0.3) is 5.56 Å². The van der Waals surface area contributed by atoms with Crippen molar-refractivity contribution in [2.45, 2.75) is 13.3 Å². The van der Waals surface area contributed by atoms with Crippen LogP contribution in [0.5, 0.6) is 0 Å². The third-order valence-corrected chi connectivity index (χ3v) is 4.74. The Morgan fingerprint density at radius 3 is 2.48 bits per heavy atom. The van der Waals surface area contributed by atoms with Gasteiger partial charge in [0.15, 0.2) is 0 Å². The van der Waals surface area contributed by atoms with Gasteiger partial charge in [0, 0.05) is 15.6 Å². The van der Waals surface area contributed by atoms with Crippen LogP contribution in [0, 0.1) is 6.92 Å². The number of rotatable bonds is 4. The van der Waals surface area contributed by atoms with Gasteiger partial charge in [-0.15, -0.1) is 0 Å². The maximum absolute atomic E-state index is 12.3. The Morgan fingerprint density at radius 2 is 1.89 bits per heavy atom. The van der Waals surface area contributed by atoms with Gasteiger partial charge in [-0.3, -0.25) is 14.6 Å². The molecule has 0 unspecified atom stereocenters. The van der Waals surface area contributed by atoms with E-state index in [0.717, 1.165) is 10.9 Å². The van der Waals surface area contributed by atoms with Crippen molar-refractivity contribution in [3.63, 3.8) is 0 Å². The molecule has 1 aromatic heterocycles. The highest BCUT2D eigenvalue weighted by molar-refractivity contribution is 6.33. The Kier molecular flexibility index (Phi) is 5.16. The number of aromatic nitrogens is 3. The van der Waals surface area contributed by atoms with E-state index in [1.54, 1.807) is 37.3 Å². The maximum atomic E-state index is 12.3. The van der Waals surface area contributed by atoms with Gasteiger partial charge in [-0.2, -0.15) is 9.78 Å². The van der Waals surface area contributed by atoms with Gasteiger partial charge in [-0.1, -0.05) is 35.3 Å². The molecule has 0 saturated heterocycles. The van der Waals surface area contributed by atoms with Crippen molar-refractivity contribution in [1.82, 2.24) is 14.8 Å². The lowest BCUT2D eigenvalue weighted by Crippen LogP contribution is -2.31. The van der Waals surface area contributed by atoms with E-state index in [4.69, 9.17) is 28.3 Å². The summed E-state index contributed by atoms with van der Waals surface area (Å²) >= 11 is 12.3. The summed E-state index contributed by atoms with van der Waals surface area (Å²) in [6.45, 7) is 1.65. The number of halogens is 2. The summed E-state index contributed by atoms with van der Waals surface area (Å²) in [6, 6.07) is 8.40. The van der Waals surface area contributed by atoms with Crippen molar-refractivity contribution >= 4 is 29.2 Å². The Balaban J connectivity index is 2.38. The van der Waals surface area contributed by atoms with E-state index in [0.29, 0.717) is 33.0 Å². The van der Waals surface area contributed by atoms with Crippen LogP contribution in [-0.4, -0.2) is 25.8 Å². The van der Waals surface area contributed by atoms with Crippen molar-refractivity contribution in [2.75, 3.05) is 0 Å². The molecule has 0 aliphatic rings. The predicted molar refractivity (Wildman–Crippen MR) is 102 cm³/mol. The highest BCUT2D eigenvalue weighted by Gasteiger charge is 2.20. The Hall–Kier alpha value is -2.90. The molecular weight excluding hydrogens is 393 g/mol. The van der Waals surface area contributed by atoms with Crippen molar-refractivity contribution in [3.05, 3.63) is 78.5 Å². The van der Waals surface area contributed by atoms with Gasteiger partial charge in [-0.05, 0) is 41.8 Å². The van der Waals surface area contributed by atoms with Gasteiger partial charge >= 0.3 is 11.7 Å². The molecule has 0 atom stereocenters. The molecule has 7 nitrogen and oxygen atoms in total. The molecule has 0 saturated carbocycles. The largest absolute Gasteiger partial charge is 0.481 e. The van der Waals surface area contributed by atoms with Gasteiger partial charge in [0.1, 0.15) is 6.20 Å². The van der Waals surface area contributed by atoms with Gasteiger partial charge < -0.3 is 5.11 Å². The second kappa shape index (κ2) is 7.38. The predicted octanol–water partition coefficient (Wildman–Crippen LogP) is 2.83. The minimum Gasteiger partial charge on any atom is -0.481 e. The summed E-state index contributed by atoms with van der Waals surface area (Å²) < 4.78 is 1.02. The maximum Gasteiger partial charge on any atom is 0.349 e. The Labute approximate surface area is 162 Å². The summed E-state index contributed by atoms with van der Waals surface area (Å²) in [7, 11) is 0. The van der Waals surface area contributed by atoms with Crippen LogP contribution in [0.3, 0.4) is 0 Å². The molecule has 138 valence electrons. The summed E-state index contributed by atoms with van der Waals surface area (Å²) in [5.41, 5.74) is 1.05. The molecule has 0 aliphatic carbocycles. The molecule has 0 fully saturated rings. The van der Waals surface area contributed by atoms with E-state index in [1.165, 1.54) is 0 Å². The number of hydrogen-bond donors (Lipinski definition) is 2. The zero-order chi connectivity index (χ0) is 19.7. The van der Waals surface area contributed by atoms with Crippen LogP contribution >= 0.6 is 23.2 Å². The average molecular weight is 406 g/mol. The molecule has 0 aliphatic heterocycles. The monoisotopic (exact) mass is 405 g/mol. The summed E-state index contributed by atoms with van der Waals surface area (Å²) in [5, 5.41) is 13.8. The molecule has 3 aromatic rings. The van der Waals surface area contributed by atoms with Crippen molar-refractivity contribution < 1.29 is 9.90 Å². The second-order valence-electron chi connectivity index (χ2n) is 5.80. The van der Waals surface area contributed by atoms with Crippen LogP contribution in [0.15, 0.2) is 46.1 Å². The number of carbonyl (C=O) groups is 1. The van der Waals surface area contributed by atoms with Crippen LogP contribution in [0.25, 0.3) is 16.8 Å². The van der Waals surface area contributed by atoms with Gasteiger partial charge in [0.05, 0.1) is 12.1 Å². The zero-order valence-corrected chi connectivity index (χ0v) is 15.5. The zero-order valence-electron chi connectivity index (χ0n) is 14.0. The lowest BCUT2D eigenvalue weighted by Gasteiger charge is -2.17. The third-order valence-electron chi connectivity index (χ3n) is 3.96. The van der Waals surface area contributed by atoms with Crippen LogP contribution in [-0.2, 0) is 11.2 Å². The lowest BCUT2D eigenvalue weighted by atomic mass is 9.96. The lowest BCUT2D eigenvalue weighted by molar-refractivity contribution is -0.136. The van der Waals surface area contributed by atoms with Crippen molar-refractivity contribution in [2.24, 2.45) is 0 Å². The van der Waals surface area contributed by atoms with E-state index < -0.39 is 17.2 Å². The SMILES string of the molecule is Cc1c(Cl)c(CC(=O)O)cc(-c2ccc(Cl)cc2)c1-n1ncc(=O)[nH]c1=O. The van der Waals surface area contributed by atoms with Crippen LogP contribution < -0.4 is 11.2 Å². The van der Waals surface area contributed by atoms with Crippen LogP contribution in [0.4, 0.5) is 0 Å². The second-order valence-corrected chi connectivity index (χ2v) is 6.61. The smallest absolute Gasteiger partial charge is 0.349 e. The first-order valence-corrected chi connectivity index (χ1v) is 8.52. The first-order valence-electron chi connectivity index (χ1n) is 7.76. The molecule has 0 radical (unpaired) electrons. The molecule has 1 heterocycles. The van der Waals surface area contributed by atoms with Crippen molar-refractivity contribution in [3.8, 4) is 16.8 Å². The topological polar surface area (TPSA) is 105 Å². The fourth-order valence-electron chi connectivity index (χ4n) is 2.78. The van der Waals surface area contributed by atoms with Crippen LogP contribution in [0.2, 0.25) is 10.0 Å². The molecule has 3 rings (SSSR count). The van der Waals surface area contributed by atoms with Crippen LogP contribution in [0.1, 0.15) is 11.1 Å². The normalized spacial score (nSPS) is 10.8. The molecule has 0 spiro atoms. The Morgan fingerprint density at radius 1 is 1.22 bits per heavy atom. The third kappa shape index (κ3) is 3.79. The quantitative estimate of drug-likeness (QED) is 0.693. The fourth-order valence-corrected chi connectivity index (χ4v) is 3.12. The van der Waals surface area contributed by atoms with E-state index in [-0.39, 0.29) is 11.4 Å². The van der Waals surface area contributed by atoms with E-state index in [2.05, 4.69) is 10.1 Å². The Bertz CT molecular complexity index is 1150. The average Bonchev–Trinajstić information content (AvgIpc) is 2.60. The number of benzene rings is 2. The summed E-state index contributed by atoms with van der Waals surface area (Å²) in [4.78, 5) is 37.0. The number of carboxylic acid groups (broad SMARTS) is 1. The van der Waals surface area contributed by atoms with E-state index >= 15 is 0 Å². The van der Waals surface area contributed by atoms with E-state index in [9.17, 15) is 14.4 Å². The number of carboxylic acids is 1. The minimum absolute atomic E-state index is 0.213. The van der Waals surface area contributed by atoms with E-state index in [1.807, 2.05) is 0 Å². The molecule has 9 heteroatoms. The number of aromatic amines is 1. The summed E-state index contributed by atoms with van der Waals surface area (Å²) in [6.07, 6.45) is 0.694. The van der Waals surface area contributed by atoms with Gasteiger partial charge in [-0.25, -0.2) is 4.79 Å². The molecule has 2 N–H and O–H groups in total. The number of nitrogens with one attached hydrogen (secondary N) is 1. The molecular formula is C18H13Cl2N3O4. The summed E-state index contributed by atoms with van der Waals surface area (Å²) in [5.74, 6) is -1.04. The molecule has 2 aromatic carbocycles. The number of aliphatic carboxylic acids is 1. The molecule has 0 bridgehead atoms. The highest BCUT2D eigenvalue weighted by Crippen LogP contribution is 2.36. The number of hydrogen-bond acceptors (Lipinski definition) is 4. The van der Waals surface area contributed by atoms with Gasteiger partial charge in [0.2, 0.25) is 0 Å². The fraction of sp³-hybridized carbons (Fsp3) is 0.111.